The lowest BCUT2D eigenvalue weighted by Crippen LogP contribution is -2.05. The van der Waals surface area contributed by atoms with Gasteiger partial charge in [0, 0.05) is 6.07 Å². The largest absolute Gasteiger partial charge is 0.497 e. The molecule has 0 saturated carbocycles. The minimum atomic E-state index is -1.07. The number of rotatable bonds is 4. The van der Waals surface area contributed by atoms with Crippen molar-refractivity contribution in [1.29, 1.82) is 0 Å². The van der Waals surface area contributed by atoms with Crippen LogP contribution in [-0.2, 0) is 6.42 Å². The number of ether oxygens (including phenoxy) is 1. The number of carboxylic acid groups (broad SMARTS) is 1. The summed E-state index contributed by atoms with van der Waals surface area (Å²) in [6, 6.07) is 7.22. The second-order valence-electron chi connectivity index (χ2n) is 3.66. The lowest BCUT2D eigenvalue weighted by molar-refractivity contribution is 0.0689. The average Bonchev–Trinajstić information content (AvgIpc) is 2.82. The molecule has 2 rings (SSSR count). The van der Waals surface area contributed by atoms with Crippen molar-refractivity contribution in [2.45, 2.75) is 13.3 Å². The summed E-state index contributed by atoms with van der Waals surface area (Å²) >= 11 is 0. The smallest absolute Gasteiger partial charge is 0.358 e. The number of methoxy groups -OCH3 is 1. The number of nitrogens with zero attached hydrogens (tertiary/aromatic N) is 3. The predicted molar refractivity (Wildman–Crippen MR) is 64.2 cm³/mol. The fourth-order valence-electron chi connectivity index (χ4n) is 1.73. The molecule has 0 spiro atoms. The van der Waals surface area contributed by atoms with Crippen molar-refractivity contribution in [2.24, 2.45) is 0 Å². The SMILES string of the molecule is CCc1c(C(=O)O)nnn1-c1cccc(OC)c1. The minimum absolute atomic E-state index is 0.0136. The highest BCUT2D eigenvalue weighted by Gasteiger charge is 2.18. The van der Waals surface area contributed by atoms with Crippen molar-refractivity contribution in [3.05, 3.63) is 35.7 Å². The quantitative estimate of drug-likeness (QED) is 0.886. The van der Waals surface area contributed by atoms with E-state index in [0.717, 1.165) is 5.69 Å². The fraction of sp³-hybridized carbons (Fsp3) is 0.250. The number of aromatic carboxylic acids is 1. The molecule has 94 valence electrons. The van der Waals surface area contributed by atoms with Crippen LogP contribution in [0.2, 0.25) is 0 Å². The zero-order valence-electron chi connectivity index (χ0n) is 10.1. The van der Waals surface area contributed by atoms with E-state index in [9.17, 15) is 4.79 Å². The van der Waals surface area contributed by atoms with Crippen molar-refractivity contribution >= 4 is 5.97 Å². The maximum atomic E-state index is 11.0. The Morgan fingerprint density at radius 3 is 2.89 bits per heavy atom. The lowest BCUT2D eigenvalue weighted by Gasteiger charge is -2.06. The first-order valence-corrected chi connectivity index (χ1v) is 5.49. The van der Waals surface area contributed by atoms with E-state index in [2.05, 4.69) is 10.3 Å². The van der Waals surface area contributed by atoms with Gasteiger partial charge in [-0.3, -0.25) is 0 Å². The second kappa shape index (κ2) is 4.87. The number of aromatic nitrogens is 3. The Labute approximate surface area is 104 Å². The topological polar surface area (TPSA) is 77.2 Å². The number of hydrogen-bond donors (Lipinski definition) is 1. The van der Waals surface area contributed by atoms with Gasteiger partial charge in [-0.2, -0.15) is 0 Å². The van der Waals surface area contributed by atoms with E-state index in [0.29, 0.717) is 17.9 Å². The molecule has 0 aliphatic heterocycles. The third kappa shape index (κ3) is 2.04. The van der Waals surface area contributed by atoms with Gasteiger partial charge in [0.15, 0.2) is 5.69 Å². The van der Waals surface area contributed by atoms with Crippen molar-refractivity contribution in [3.8, 4) is 11.4 Å². The van der Waals surface area contributed by atoms with Crippen LogP contribution in [0, 0.1) is 0 Å². The minimum Gasteiger partial charge on any atom is -0.497 e. The summed E-state index contributed by atoms with van der Waals surface area (Å²) in [5.74, 6) is -0.386. The molecule has 0 amide bonds. The summed E-state index contributed by atoms with van der Waals surface area (Å²) in [7, 11) is 1.57. The number of hydrogen-bond acceptors (Lipinski definition) is 4. The van der Waals surface area contributed by atoms with E-state index in [1.807, 2.05) is 25.1 Å². The molecule has 1 aromatic heterocycles. The maximum absolute atomic E-state index is 11.0. The molecule has 6 heteroatoms. The molecular weight excluding hydrogens is 234 g/mol. The maximum Gasteiger partial charge on any atom is 0.358 e. The average molecular weight is 247 g/mol. The summed E-state index contributed by atoms with van der Waals surface area (Å²) in [5, 5.41) is 16.6. The summed E-state index contributed by atoms with van der Waals surface area (Å²) in [6.45, 7) is 1.86. The number of carboxylic acids is 1. The van der Waals surface area contributed by atoms with E-state index in [4.69, 9.17) is 9.84 Å². The Kier molecular flexibility index (Phi) is 3.27. The third-order valence-electron chi connectivity index (χ3n) is 2.60. The third-order valence-corrected chi connectivity index (χ3v) is 2.60. The van der Waals surface area contributed by atoms with E-state index >= 15 is 0 Å². The Bertz CT molecular complexity index is 578. The van der Waals surface area contributed by atoms with Gasteiger partial charge in [-0.1, -0.05) is 18.2 Å². The summed E-state index contributed by atoms with van der Waals surface area (Å²) < 4.78 is 6.65. The van der Waals surface area contributed by atoms with Crippen LogP contribution < -0.4 is 4.74 Å². The zero-order chi connectivity index (χ0) is 13.1. The van der Waals surface area contributed by atoms with Crippen LogP contribution in [0.4, 0.5) is 0 Å². The first kappa shape index (κ1) is 12.1. The monoisotopic (exact) mass is 247 g/mol. The van der Waals surface area contributed by atoms with Crippen LogP contribution in [0.25, 0.3) is 5.69 Å². The lowest BCUT2D eigenvalue weighted by atomic mass is 10.2. The van der Waals surface area contributed by atoms with Crippen LogP contribution in [0.5, 0.6) is 5.75 Å². The Balaban J connectivity index is 2.53. The predicted octanol–water partition coefficient (Wildman–Crippen LogP) is 1.54. The molecule has 6 nitrogen and oxygen atoms in total. The molecule has 1 N–H and O–H groups in total. The van der Waals surface area contributed by atoms with E-state index < -0.39 is 5.97 Å². The molecule has 18 heavy (non-hydrogen) atoms. The molecule has 1 heterocycles. The van der Waals surface area contributed by atoms with E-state index in [1.54, 1.807) is 13.2 Å². The zero-order valence-corrected chi connectivity index (χ0v) is 10.1. The second-order valence-corrected chi connectivity index (χ2v) is 3.66. The highest BCUT2D eigenvalue weighted by molar-refractivity contribution is 5.86. The normalized spacial score (nSPS) is 10.3. The van der Waals surface area contributed by atoms with Crippen LogP contribution in [0.15, 0.2) is 24.3 Å². The van der Waals surface area contributed by atoms with Crippen LogP contribution in [0.1, 0.15) is 23.1 Å². The standard InChI is InChI=1S/C12H13N3O3/c1-3-10-11(12(16)17)13-14-15(10)8-5-4-6-9(7-8)18-2/h4-7H,3H2,1-2H3,(H,16,17). The first-order chi connectivity index (χ1) is 8.67. The van der Waals surface area contributed by atoms with Crippen LogP contribution >= 0.6 is 0 Å². The molecular formula is C12H13N3O3. The summed E-state index contributed by atoms with van der Waals surface area (Å²) in [4.78, 5) is 11.0. The number of benzene rings is 1. The first-order valence-electron chi connectivity index (χ1n) is 5.49. The van der Waals surface area contributed by atoms with Crippen molar-refractivity contribution in [1.82, 2.24) is 15.0 Å². The van der Waals surface area contributed by atoms with Gasteiger partial charge in [-0.05, 0) is 18.6 Å². The fourth-order valence-corrected chi connectivity index (χ4v) is 1.73. The van der Waals surface area contributed by atoms with Gasteiger partial charge in [0.05, 0.1) is 18.5 Å². The molecule has 0 aliphatic rings. The molecule has 1 aromatic carbocycles. The van der Waals surface area contributed by atoms with Gasteiger partial charge in [-0.15, -0.1) is 5.10 Å². The summed E-state index contributed by atoms with van der Waals surface area (Å²) in [6.07, 6.45) is 0.534. The summed E-state index contributed by atoms with van der Waals surface area (Å²) in [5.41, 5.74) is 1.28. The van der Waals surface area contributed by atoms with Gasteiger partial charge in [0.1, 0.15) is 5.75 Å². The van der Waals surface area contributed by atoms with Gasteiger partial charge in [0.25, 0.3) is 0 Å². The molecule has 0 atom stereocenters. The van der Waals surface area contributed by atoms with Crippen molar-refractivity contribution in [2.75, 3.05) is 7.11 Å². The highest BCUT2D eigenvalue weighted by atomic mass is 16.5. The molecule has 0 bridgehead atoms. The Hall–Kier alpha value is -2.37. The molecule has 0 unspecified atom stereocenters. The van der Waals surface area contributed by atoms with Gasteiger partial charge in [-0.25, -0.2) is 9.48 Å². The van der Waals surface area contributed by atoms with Crippen molar-refractivity contribution < 1.29 is 14.6 Å². The molecule has 2 aromatic rings. The molecule has 0 fully saturated rings. The number of carbonyl (C=O) groups is 1. The molecule has 0 aliphatic carbocycles. The van der Waals surface area contributed by atoms with Gasteiger partial charge in [0.2, 0.25) is 0 Å². The van der Waals surface area contributed by atoms with Crippen LogP contribution in [-0.4, -0.2) is 33.2 Å². The van der Waals surface area contributed by atoms with E-state index in [-0.39, 0.29) is 5.69 Å². The van der Waals surface area contributed by atoms with Gasteiger partial charge < -0.3 is 9.84 Å². The van der Waals surface area contributed by atoms with Gasteiger partial charge >= 0.3 is 5.97 Å². The molecule has 0 radical (unpaired) electrons. The molecule has 0 saturated heterocycles. The van der Waals surface area contributed by atoms with Crippen molar-refractivity contribution in [3.63, 3.8) is 0 Å². The highest BCUT2D eigenvalue weighted by Crippen LogP contribution is 2.18. The van der Waals surface area contributed by atoms with Crippen LogP contribution in [0.3, 0.4) is 0 Å². The van der Waals surface area contributed by atoms with E-state index in [1.165, 1.54) is 4.68 Å². The Morgan fingerprint density at radius 1 is 1.50 bits per heavy atom. The Morgan fingerprint density at radius 2 is 2.28 bits per heavy atom.